The van der Waals surface area contributed by atoms with E-state index in [2.05, 4.69) is 44.3 Å². The number of aromatic amines is 2. The van der Waals surface area contributed by atoms with E-state index in [0.29, 0.717) is 29.3 Å². The number of nitrogens with zero attached hydrogens (tertiary/aromatic N) is 5. The molecular formula is C31H31FN8O. The summed E-state index contributed by atoms with van der Waals surface area (Å²) in [5.41, 5.74) is 7.79. The van der Waals surface area contributed by atoms with Crippen molar-refractivity contribution >= 4 is 27.8 Å². The van der Waals surface area contributed by atoms with Crippen LogP contribution in [0, 0.1) is 5.82 Å². The van der Waals surface area contributed by atoms with Crippen molar-refractivity contribution in [2.45, 2.75) is 19.9 Å². The number of likely N-dealkylation sites (N-methyl/N-ethyl adjacent to an activating group) is 1. The highest BCUT2D eigenvalue weighted by Gasteiger charge is 2.17. The zero-order chi connectivity index (χ0) is 28.5. The maximum atomic E-state index is 14.6. The predicted octanol–water partition coefficient (Wildman–Crippen LogP) is 6.13. The van der Waals surface area contributed by atoms with Gasteiger partial charge in [-0.2, -0.15) is 5.10 Å². The summed E-state index contributed by atoms with van der Waals surface area (Å²) in [6.45, 7) is 5.37. The van der Waals surface area contributed by atoms with Crippen molar-refractivity contribution in [2.24, 2.45) is 0 Å². The Morgan fingerprint density at radius 3 is 2.73 bits per heavy atom. The molecule has 5 heterocycles. The third kappa shape index (κ3) is 5.59. The predicted molar refractivity (Wildman–Crippen MR) is 160 cm³/mol. The third-order valence-electron chi connectivity index (χ3n) is 6.67. The molecule has 0 saturated heterocycles. The lowest BCUT2D eigenvalue weighted by atomic mass is 10.0. The molecule has 0 aliphatic rings. The number of anilines is 1. The fourth-order valence-corrected chi connectivity index (χ4v) is 4.79. The second-order valence-electron chi connectivity index (χ2n) is 10.6. The molecule has 9 nitrogen and oxygen atoms in total. The standard InChI is InChI=1S/C31H31FN8O/c1-18(2)35-22-12-20(16-33-17-22)26-5-6-27-29(36-26)30(39-38-27)28-15-25-24(7-8-34-31(25)37-28)19-11-21(32)14-23(13-19)41-10-9-40(3)4/h5-8,11-18,35H,9-10H2,1-4H3,(H,34,37)(H,38,39). The van der Waals surface area contributed by atoms with Crippen LogP contribution in [0.5, 0.6) is 5.75 Å². The third-order valence-corrected chi connectivity index (χ3v) is 6.67. The van der Waals surface area contributed by atoms with Crippen LogP contribution in [-0.4, -0.2) is 68.3 Å². The highest BCUT2D eigenvalue weighted by molar-refractivity contribution is 5.99. The van der Waals surface area contributed by atoms with Gasteiger partial charge in [-0.25, -0.2) is 14.4 Å². The highest BCUT2D eigenvalue weighted by Crippen LogP contribution is 2.35. The summed E-state index contributed by atoms with van der Waals surface area (Å²) in [7, 11) is 3.94. The number of nitrogens with one attached hydrogen (secondary N) is 3. The normalized spacial score (nSPS) is 11.7. The molecule has 41 heavy (non-hydrogen) atoms. The fraction of sp³-hybridized carbons (Fsp3) is 0.226. The van der Waals surface area contributed by atoms with E-state index in [1.165, 1.54) is 12.1 Å². The first kappa shape index (κ1) is 26.4. The molecule has 3 N–H and O–H groups in total. The summed E-state index contributed by atoms with van der Waals surface area (Å²) in [5.74, 6) is 0.125. The Kier molecular flexibility index (Phi) is 7.07. The van der Waals surface area contributed by atoms with Gasteiger partial charge in [0.25, 0.3) is 0 Å². The fourth-order valence-electron chi connectivity index (χ4n) is 4.79. The average Bonchev–Trinajstić information content (AvgIpc) is 3.56. The van der Waals surface area contributed by atoms with E-state index >= 15 is 0 Å². The van der Waals surface area contributed by atoms with Crippen LogP contribution in [0.25, 0.3) is 55.8 Å². The van der Waals surface area contributed by atoms with E-state index in [1.54, 1.807) is 18.6 Å². The van der Waals surface area contributed by atoms with Gasteiger partial charge in [-0.1, -0.05) is 0 Å². The minimum Gasteiger partial charge on any atom is -0.492 e. The molecule has 1 aromatic carbocycles. The number of halogens is 1. The van der Waals surface area contributed by atoms with Gasteiger partial charge in [-0.3, -0.25) is 10.1 Å². The molecule has 0 saturated carbocycles. The average molecular weight is 551 g/mol. The number of H-pyrrole nitrogens is 2. The van der Waals surface area contributed by atoms with Crippen LogP contribution in [0.1, 0.15) is 13.8 Å². The molecule has 0 spiro atoms. The van der Waals surface area contributed by atoms with E-state index in [1.807, 2.05) is 55.4 Å². The summed E-state index contributed by atoms with van der Waals surface area (Å²) >= 11 is 0. The summed E-state index contributed by atoms with van der Waals surface area (Å²) in [4.78, 5) is 19.3. The second-order valence-corrected chi connectivity index (χ2v) is 10.6. The van der Waals surface area contributed by atoms with Gasteiger partial charge in [0.2, 0.25) is 0 Å². The number of hydrogen-bond acceptors (Lipinski definition) is 7. The monoisotopic (exact) mass is 550 g/mol. The van der Waals surface area contributed by atoms with Gasteiger partial charge in [0, 0.05) is 48.2 Å². The maximum Gasteiger partial charge on any atom is 0.138 e. The van der Waals surface area contributed by atoms with E-state index in [9.17, 15) is 4.39 Å². The lowest BCUT2D eigenvalue weighted by Gasteiger charge is -2.12. The van der Waals surface area contributed by atoms with Crippen LogP contribution in [0.2, 0.25) is 0 Å². The van der Waals surface area contributed by atoms with E-state index in [-0.39, 0.29) is 11.9 Å². The van der Waals surface area contributed by atoms with Crippen molar-refractivity contribution in [1.29, 1.82) is 0 Å². The number of hydrogen-bond donors (Lipinski definition) is 3. The summed E-state index contributed by atoms with van der Waals surface area (Å²) in [6.07, 6.45) is 5.31. The van der Waals surface area contributed by atoms with Crippen molar-refractivity contribution in [3.8, 4) is 39.5 Å². The zero-order valence-electron chi connectivity index (χ0n) is 23.4. The van der Waals surface area contributed by atoms with Crippen molar-refractivity contribution in [1.82, 2.24) is 35.0 Å². The van der Waals surface area contributed by atoms with E-state index < -0.39 is 0 Å². The number of rotatable bonds is 9. The van der Waals surface area contributed by atoms with Crippen molar-refractivity contribution in [3.05, 3.63) is 72.9 Å². The van der Waals surface area contributed by atoms with Gasteiger partial charge in [-0.05, 0) is 81.5 Å². The van der Waals surface area contributed by atoms with E-state index in [0.717, 1.165) is 51.2 Å². The highest BCUT2D eigenvalue weighted by atomic mass is 19.1. The number of aromatic nitrogens is 6. The first-order valence-corrected chi connectivity index (χ1v) is 13.5. The largest absolute Gasteiger partial charge is 0.492 e. The van der Waals surface area contributed by atoms with Crippen LogP contribution in [0.3, 0.4) is 0 Å². The molecule has 6 aromatic rings. The maximum absolute atomic E-state index is 14.6. The SMILES string of the molecule is CC(C)Nc1cncc(-c2ccc3[nH]nc(-c4cc5c(-c6cc(F)cc(OCCN(C)C)c6)ccnc5[nH]4)c3n2)c1. The summed E-state index contributed by atoms with van der Waals surface area (Å²) < 4.78 is 20.4. The van der Waals surface area contributed by atoms with Gasteiger partial charge in [0.05, 0.1) is 22.6 Å². The molecular weight excluding hydrogens is 519 g/mol. The smallest absolute Gasteiger partial charge is 0.138 e. The minimum atomic E-state index is -0.361. The molecule has 0 fully saturated rings. The first-order valence-electron chi connectivity index (χ1n) is 13.5. The molecule has 208 valence electrons. The Morgan fingerprint density at radius 1 is 1.02 bits per heavy atom. The zero-order valence-corrected chi connectivity index (χ0v) is 23.4. The molecule has 0 unspecified atom stereocenters. The molecule has 0 amide bonds. The van der Waals surface area contributed by atoms with Crippen LogP contribution < -0.4 is 10.1 Å². The molecule has 10 heteroatoms. The van der Waals surface area contributed by atoms with Gasteiger partial charge in [0.1, 0.15) is 35.0 Å². The topological polar surface area (TPSA) is 108 Å². The second kappa shape index (κ2) is 11.0. The number of benzene rings is 1. The molecule has 0 bridgehead atoms. The van der Waals surface area contributed by atoms with Crippen molar-refractivity contribution < 1.29 is 9.13 Å². The quantitative estimate of drug-likeness (QED) is 0.199. The Balaban J connectivity index is 1.37. The van der Waals surface area contributed by atoms with E-state index in [4.69, 9.17) is 9.72 Å². The minimum absolute atomic E-state index is 0.290. The van der Waals surface area contributed by atoms with Gasteiger partial charge in [-0.15, -0.1) is 0 Å². The first-order chi connectivity index (χ1) is 19.8. The molecule has 0 radical (unpaired) electrons. The summed E-state index contributed by atoms with van der Waals surface area (Å²) in [6, 6.07) is 14.9. The summed E-state index contributed by atoms with van der Waals surface area (Å²) in [5, 5.41) is 11.9. The van der Waals surface area contributed by atoms with Gasteiger partial charge >= 0.3 is 0 Å². The Labute approximate surface area is 236 Å². The lowest BCUT2D eigenvalue weighted by molar-refractivity contribution is 0.260. The Hall–Kier alpha value is -4.83. The number of fused-ring (bicyclic) bond motifs is 2. The van der Waals surface area contributed by atoms with Crippen molar-refractivity contribution in [2.75, 3.05) is 32.6 Å². The van der Waals surface area contributed by atoms with Crippen LogP contribution in [0.4, 0.5) is 10.1 Å². The number of ether oxygens (including phenoxy) is 1. The molecule has 0 aliphatic carbocycles. The molecule has 6 rings (SSSR count). The van der Waals surface area contributed by atoms with Crippen LogP contribution in [-0.2, 0) is 0 Å². The number of pyridine rings is 3. The molecule has 0 aliphatic heterocycles. The lowest BCUT2D eigenvalue weighted by Crippen LogP contribution is -2.19. The Morgan fingerprint density at radius 2 is 1.90 bits per heavy atom. The molecule has 5 aromatic heterocycles. The molecule has 0 atom stereocenters. The van der Waals surface area contributed by atoms with Gasteiger partial charge < -0.3 is 19.9 Å². The Bertz CT molecular complexity index is 1840. The van der Waals surface area contributed by atoms with Gasteiger partial charge in [0.15, 0.2) is 0 Å². The van der Waals surface area contributed by atoms with Crippen molar-refractivity contribution in [3.63, 3.8) is 0 Å². The van der Waals surface area contributed by atoms with Crippen LogP contribution >= 0.6 is 0 Å². The van der Waals surface area contributed by atoms with Crippen LogP contribution in [0.15, 0.2) is 67.1 Å².